The van der Waals surface area contributed by atoms with Crippen molar-refractivity contribution in [3.8, 4) is 0 Å². The fourth-order valence-electron chi connectivity index (χ4n) is 3.05. The van der Waals surface area contributed by atoms with Crippen LogP contribution in [0.15, 0.2) is 104 Å². The minimum atomic E-state index is -2.21. The van der Waals surface area contributed by atoms with Gasteiger partial charge < -0.3 is 5.11 Å². The summed E-state index contributed by atoms with van der Waals surface area (Å²) in [6.07, 6.45) is 1.67. The molecule has 3 aromatic rings. The van der Waals surface area contributed by atoms with E-state index in [9.17, 15) is 5.11 Å². The zero-order chi connectivity index (χ0) is 16.1. The van der Waals surface area contributed by atoms with Crippen LogP contribution in [-0.2, 0) is 0 Å². The van der Waals surface area contributed by atoms with E-state index in [1.165, 1.54) is 0 Å². The van der Waals surface area contributed by atoms with Crippen molar-refractivity contribution in [3.63, 3.8) is 0 Å². The monoisotopic (exact) mass is 319 g/mol. The van der Waals surface area contributed by atoms with Gasteiger partial charge in [-0.05, 0) is 42.5 Å². The fraction of sp³-hybridized carbons (Fsp3) is 0.0476. The van der Waals surface area contributed by atoms with E-state index in [1.54, 1.807) is 6.08 Å². The Balaban J connectivity index is 2.38. The molecule has 3 rings (SSSR count). The number of rotatable bonds is 5. The molecule has 1 nitrogen and oxygen atoms in total. The molecule has 0 aromatic heterocycles. The highest BCUT2D eigenvalue weighted by Crippen LogP contribution is 2.59. The minimum absolute atomic E-state index is 0.630. The zero-order valence-electron chi connectivity index (χ0n) is 12.9. The molecule has 0 aliphatic carbocycles. The van der Waals surface area contributed by atoms with Gasteiger partial charge in [-0.3, -0.25) is 0 Å². The van der Waals surface area contributed by atoms with Gasteiger partial charge in [0.25, 0.3) is 0 Å². The van der Waals surface area contributed by atoms with Crippen LogP contribution in [0.1, 0.15) is 0 Å². The minimum Gasteiger partial charge on any atom is -0.355 e. The van der Waals surface area contributed by atoms with Crippen molar-refractivity contribution in [2.45, 2.75) is 5.85 Å². The molecule has 1 unspecified atom stereocenters. The lowest BCUT2D eigenvalue weighted by Gasteiger charge is -2.30. The van der Waals surface area contributed by atoms with Crippen molar-refractivity contribution in [2.24, 2.45) is 0 Å². The van der Waals surface area contributed by atoms with Gasteiger partial charge in [0.05, 0.1) is 0 Å². The summed E-state index contributed by atoms with van der Waals surface area (Å²) < 4.78 is 0. The van der Waals surface area contributed by atoms with Crippen LogP contribution >= 0.6 is 7.26 Å². The average Bonchev–Trinajstić information content (AvgIpc) is 2.65. The number of hydrogen-bond acceptors (Lipinski definition) is 1. The number of aliphatic hydroxyl groups excluding tert-OH is 1. The molecule has 1 N–H and O–H groups in total. The lowest BCUT2D eigenvalue weighted by Crippen LogP contribution is -2.37. The molecule has 0 aliphatic heterocycles. The molecule has 0 aliphatic rings. The molecule has 0 heterocycles. The standard InChI is InChI=1S/C21H20OP/c1-2-21(22)23(18-12-6-3-7-13-18,19-14-8-4-9-15-19)20-16-10-5-11-17-20/h2-17,21-22H,1H2/q+1. The van der Waals surface area contributed by atoms with E-state index >= 15 is 0 Å². The predicted molar refractivity (Wildman–Crippen MR) is 101 cm³/mol. The predicted octanol–water partition coefficient (Wildman–Crippen LogP) is 3.48. The molecular formula is C21H20OP+. The van der Waals surface area contributed by atoms with Crippen LogP contribution in [0.5, 0.6) is 0 Å². The van der Waals surface area contributed by atoms with Gasteiger partial charge in [-0.2, -0.15) is 0 Å². The molecule has 23 heavy (non-hydrogen) atoms. The highest BCUT2D eigenvalue weighted by atomic mass is 31.2. The van der Waals surface area contributed by atoms with Crippen molar-refractivity contribution < 1.29 is 5.11 Å². The van der Waals surface area contributed by atoms with E-state index in [4.69, 9.17) is 0 Å². The summed E-state index contributed by atoms with van der Waals surface area (Å²) >= 11 is 0. The Hall–Kier alpha value is -2.21. The summed E-state index contributed by atoms with van der Waals surface area (Å²) in [6, 6.07) is 30.9. The Labute approximate surface area is 138 Å². The summed E-state index contributed by atoms with van der Waals surface area (Å²) in [5.41, 5.74) is 0. The molecule has 0 radical (unpaired) electrons. The topological polar surface area (TPSA) is 20.2 Å². The van der Waals surface area contributed by atoms with Crippen LogP contribution in [0.25, 0.3) is 0 Å². The normalized spacial score (nSPS) is 12.6. The third-order valence-corrected chi connectivity index (χ3v) is 8.44. The largest absolute Gasteiger partial charge is 0.355 e. The number of hydrogen-bond donors (Lipinski definition) is 1. The molecule has 0 bridgehead atoms. The highest BCUT2D eigenvalue weighted by Gasteiger charge is 2.50. The smallest absolute Gasteiger partial charge is 0.197 e. The van der Waals surface area contributed by atoms with Crippen LogP contribution in [0.3, 0.4) is 0 Å². The third-order valence-electron chi connectivity index (χ3n) is 4.10. The van der Waals surface area contributed by atoms with Gasteiger partial charge in [-0.15, -0.1) is 0 Å². The van der Waals surface area contributed by atoms with Crippen molar-refractivity contribution in [1.82, 2.24) is 0 Å². The van der Waals surface area contributed by atoms with Crippen molar-refractivity contribution in [2.75, 3.05) is 0 Å². The second kappa shape index (κ2) is 6.91. The molecule has 0 saturated carbocycles. The Kier molecular flexibility index (Phi) is 4.71. The van der Waals surface area contributed by atoms with Gasteiger partial charge in [0.1, 0.15) is 23.2 Å². The molecule has 0 amide bonds. The Morgan fingerprint density at radius 1 is 0.652 bits per heavy atom. The van der Waals surface area contributed by atoms with Crippen LogP contribution in [0.4, 0.5) is 0 Å². The second-order valence-electron chi connectivity index (χ2n) is 5.38. The summed E-state index contributed by atoms with van der Waals surface area (Å²) in [5.74, 6) is -0.630. The van der Waals surface area contributed by atoms with Crippen LogP contribution in [-0.4, -0.2) is 11.0 Å². The average molecular weight is 319 g/mol. The van der Waals surface area contributed by atoms with Crippen molar-refractivity contribution in [3.05, 3.63) is 104 Å². The summed E-state index contributed by atoms with van der Waals surface area (Å²) in [6.45, 7) is 3.88. The molecule has 0 fully saturated rings. The Morgan fingerprint density at radius 3 is 1.22 bits per heavy atom. The van der Waals surface area contributed by atoms with Gasteiger partial charge in [0.15, 0.2) is 5.85 Å². The maximum absolute atomic E-state index is 11.1. The zero-order valence-corrected chi connectivity index (χ0v) is 13.8. The van der Waals surface area contributed by atoms with Gasteiger partial charge in [0, 0.05) is 0 Å². The molecular weight excluding hydrogens is 299 g/mol. The lowest BCUT2D eigenvalue weighted by molar-refractivity contribution is 0.304. The molecule has 3 aromatic carbocycles. The summed E-state index contributed by atoms with van der Waals surface area (Å²) in [4.78, 5) is 0. The van der Waals surface area contributed by atoms with E-state index in [2.05, 4.69) is 43.0 Å². The van der Waals surface area contributed by atoms with E-state index in [1.807, 2.05) is 54.6 Å². The first-order valence-electron chi connectivity index (χ1n) is 7.66. The first-order chi connectivity index (χ1) is 11.3. The maximum atomic E-state index is 11.1. The number of benzene rings is 3. The first kappa shape index (κ1) is 15.7. The van der Waals surface area contributed by atoms with Crippen molar-refractivity contribution in [1.29, 1.82) is 0 Å². The quantitative estimate of drug-likeness (QED) is 0.564. The maximum Gasteiger partial charge on any atom is 0.197 e. The van der Waals surface area contributed by atoms with Crippen LogP contribution < -0.4 is 15.9 Å². The molecule has 114 valence electrons. The lowest BCUT2D eigenvalue weighted by atomic mass is 10.4. The van der Waals surface area contributed by atoms with E-state index in [0.717, 1.165) is 15.9 Å². The van der Waals surface area contributed by atoms with Crippen LogP contribution in [0, 0.1) is 0 Å². The summed E-state index contributed by atoms with van der Waals surface area (Å²) in [7, 11) is -2.21. The molecule has 1 atom stereocenters. The van der Waals surface area contributed by atoms with Crippen molar-refractivity contribution >= 4 is 23.2 Å². The molecule has 2 heteroatoms. The molecule has 0 saturated heterocycles. The first-order valence-corrected chi connectivity index (χ1v) is 9.52. The Morgan fingerprint density at radius 2 is 0.957 bits per heavy atom. The van der Waals surface area contributed by atoms with E-state index in [0.29, 0.717) is 0 Å². The third kappa shape index (κ3) is 2.74. The van der Waals surface area contributed by atoms with Gasteiger partial charge in [-0.1, -0.05) is 61.2 Å². The molecule has 0 spiro atoms. The second-order valence-corrected chi connectivity index (χ2v) is 8.90. The summed E-state index contributed by atoms with van der Waals surface area (Å²) in [5, 5.41) is 14.5. The fourth-order valence-corrected chi connectivity index (χ4v) is 7.11. The van der Waals surface area contributed by atoms with E-state index in [-0.39, 0.29) is 0 Å². The van der Waals surface area contributed by atoms with Gasteiger partial charge in [0.2, 0.25) is 0 Å². The SMILES string of the molecule is C=CC(O)[P+](c1ccccc1)(c1ccccc1)c1ccccc1. The number of aliphatic hydroxyl groups is 1. The highest BCUT2D eigenvalue weighted by molar-refractivity contribution is 7.96. The van der Waals surface area contributed by atoms with Gasteiger partial charge >= 0.3 is 0 Å². The Bertz CT molecular complexity index is 657. The van der Waals surface area contributed by atoms with E-state index < -0.39 is 13.1 Å². The van der Waals surface area contributed by atoms with Gasteiger partial charge in [-0.25, -0.2) is 0 Å². The van der Waals surface area contributed by atoms with Crippen LogP contribution in [0.2, 0.25) is 0 Å².